The Hall–Kier alpha value is -3.62. The van der Waals surface area contributed by atoms with E-state index in [1.54, 1.807) is 56.3 Å². The lowest BCUT2D eigenvalue weighted by molar-refractivity contribution is -0.114. The van der Waals surface area contributed by atoms with Gasteiger partial charge in [-0.1, -0.05) is 41.4 Å². The van der Waals surface area contributed by atoms with Crippen molar-refractivity contribution in [3.05, 3.63) is 90.1 Å². The number of thiophene rings is 1. The molecule has 0 bridgehead atoms. The summed E-state index contributed by atoms with van der Waals surface area (Å²) in [4.78, 5) is 25.8. The molecule has 0 atom stereocenters. The lowest BCUT2D eigenvalue weighted by Crippen LogP contribution is -2.05. The molecule has 6 nitrogen and oxygen atoms in total. The number of allylic oxidation sites excluding steroid dienone is 1. The summed E-state index contributed by atoms with van der Waals surface area (Å²) >= 11 is 13.0. The molecule has 0 saturated carbocycles. The molecule has 36 heavy (non-hydrogen) atoms. The van der Waals surface area contributed by atoms with Crippen LogP contribution in [0.2, 0.25) is 10.0 Å². The Morgan fingerprint density at radius 1 is 1.11 bits per heavy atom. The average molecular weight is 539 g/mol. The van der Waals surface area contributed by atoms with Gasteiger partial charge in [-0.05, 0) is 60.9 Å². The predicted octanol–water partition coefficient (Wildman–Crippen LogP) is 6.71. The molecule has 3 aromatic rings. The number of carbonyl (C=O) groups excluding carboxylic acids is 2. The second-order valence-electron chi connectivity index (χ2n) is 7.57. The van der Waals surface area contributed by atoms with Crippen molar-refractivity contribution in [1.82, 2.24) is 0 Å². The molecule has 1 aromatic heterocycles. The van der Waals surface area contributed by atoms with Gasteiger partial charge in [0.2, 0.25) is 0 Å². The van der Waals surface area contributed by atoms with E-state index in [-0.39, 0.29) is 35.6 Å². The van der Waals surface area contributed by atoms with Crippen molar-refractivity contribution in [2.75, 3.05) is 6.61 Å². The zero-order valence-electron chi connectivity index (χ0n) is 19.4. The fraction of sp³-hybridized carbons (Fsp3) is 0.185. The van der Waals surface area contributed by atoms with E-state index in [1.165, 1.54) is 6.08 Å². The minimum Gasteiger partial charge on any atom is -0.489 e. The first-order valence-corrected chi connectivity index (χ1v) is 12.4. The van der Waals surface area contributed by atoms with Crippen molar-refractivity contribution in [3.63, 3.8) is 0 Å². The lowest BCUT2D eigenvalue weighted by atomic mass is 10.0. The number of benzene rings is 2. The third kappa shape index (κ3) is 6.53. The Labute approximate surface area is 222 Å². The van der Waals surface area contributed by atoms with Gasteiger partial charge in [0.05, 0.1) is 27.8 Å². The summed E-state index contributed by atoms with van der Waals surface area (Å²) in [6.45, 7) is 3.78. The van der Waals surface area contributed by atoms with Gasteiger partial charge in [0.1, 0.15) is 29.4 Å². The molecule has 9 heteroatoms. The second kappa shape index (κ2) is 12.4. The molecule has 0 amide bonds. The molecule has 0 aliphatic carbocycles. The topological polar surface area (TPSA) is 100 Å². The summed E-state index contributed by atoms with van der Waals surface area (Å²) in [5, 5.41) is 20.1. The highest BCUT2D eigenvalue weighted by Crippen LogP contribution is 2.30. The summed E-state index contributed by atoms with van der Waals surface area (Å²) in [7, 11) is 0. The van der Waals surface area contributed by atoms with E-state index in [0.717, 1.165) is 16.9 Å². The Bertz CT molecular complexity index is 1430. The Morgan fingerprint density at radius 2 is 1.89 bits per heavy atom. The normalized spacial score (nSPS) is 10.9. The van der Waals surface area contributed by atoms with Crippen LogP contribution in [0.4, 0.5) is 0 Å². The second-order valence-corrected chi connectivity index (χ2v) is 9.49. The van der Waals surface area contributed by atoms with Crippen molar-refractivity contribution >= 4 is 52.4 Å². The molecule has 1 heterocycles. The van der Waals surface area contributed by atoms with E-state index in [2.05, 4.69) is 6.07 Å². The quantitative estimate of drug-likeness (QED) is 0.170. The number of carbonyl (C=O) groups is 2. The summed E-state index contributed by atoms with van der Waals surface area (Å²) < 4.78 is 10.8. The molecule has 0 saturated heterocycles. The zero-order chi connectivity index (χ0) is 26.2. The summed E-state index contributed by atoms with van der Waals surface area (Å²) in [6, 6.07) is 16.1. The van der Waals surface area contributed by atoms with E-state index >= 15 is 0 Å². The van der Waals surface area contributed by atoms with Crippen LogP contribution in [-0.2, 0) is 22.6 Å². The molecule has 0 unspecified atom stereocenters. The first-order chi connectivity index (χ1) is 17.3. The van der Waals surface area contributed by atoms with Crippen LogP contribution in [0.15, 0.2) is 48.0 Å². The molecule has 0 fully saturated rings. The molecule has 182 valence electrons. The van der Waals surface area contributed by atoms with Gasteiger partial charge in [0, 0.05) is 11.3 Å². The molecule has 0 aliphatic rings. The Morgan fingerprint density at radius 3 is 2.56 bits per heavy atom. The minimum atomic E-state index is -0.538. The first kappa shape index (κ1) is 27.0. The van der Waals surface area contributed by atoms with Crippen molar-refractivity contribution < 1.29 is 19.1 Å². The molecule has 3 rings (SSSR count). The molecule has 0 aliphatic heterocycles. The number of hydrogen-bond acceptors (Lipinski definition) is 7. The highest BCUT2D eigenvalue weighted by Gasteiger charge is 2.23. The van der Waals surface area contributed by atoms with E-state index in [4.69, 9.17) is 32.7 Å². The van der Waals surface area contributed by atoms with Crippen LogP contribution in [-0.4, -0.2) is 18.4 Å². The molecule has 0 radical (unpaired) electrons. The van der Waals surface area contributed by atoms with Crippen LogP contribution in [0.1, 0.15) is 43.7 Å². The van der Waals surface area contributed by atoms with Crippen LogP contribution in [0.3, 0.4) is 0 Å². The molecule has 0 spiro atoms. The van der Waals surface area contributed by atoms with Gasteiger partial charge in [-0.2, -0.15) is 10.5 Å². The van der Waals surface area contributed by atoms with Crippen LogP contribution in [0, 0.1) is 29.6 Å². The predicted molar refractivity (Wildman–Crippen MR) is 139 cm³/mol. The SMILES string of the molecule is CCOC(=O)c1sc(CC(=O)C(C#N)=Cc2cccc(OCc3ccc(Cl)c(Cl)c3)c2)c(C#N)c1C. The summed E-state index contributed by atoms with van der Waals surface area (Å²) in [5.41, 5.74) is 2.08. The third-order valence-electron chi connectivity index (χ3n) is 5.09. The zero-order valence-corrected chi connectivity index (χ0v) is 21.8. The highest BCUT2D eigenvalue weighted by atomic mass is 35.5. The number of ether oxygens (including phenoxy) is 2. The Kier molecular flexibility index (Phi) is 9.27. The van der Waals surface area contributed by atoms with E-state index < -0.39 is 11.8 Å². The Balaban J connectivity index is 1.77. The van der Waals surface area contributed by atoms with Gasteiger partial charge < -0.3 is 9.47 Å². The standard InChI is InChI=1S/C27H20Cl2N2O4S/c1-3-34-27(33)26-16(2)21(14-31)25(36-26)12-24(32)19(13-30)9-17-5-4-6-20(10-17)35-15-18-7-8-22(28)23(29)11-18/h4-11H,3,12,15H2,1-2H3. The maximum Gasteiger partial charge on any atom is 0.348 e. The van der Waals surface area contributed by atoms with Crippen LogP contribution < -0.4 is 4.74 Å². The molecular weight excluding hydrogens is 519 g/mol. The van der Waals surface area contributed by atoms with Gasteiger partial charge in [-0.15, -0.1) is 11.3 Å². The summed E-state index contributed by atoms with van der Waals surface area (Å²) in [5.74, 6) is -0.462. The smallest absolute Gasteiger partial charge is 0.348 e. The number of rotatable bonds is 9. The fourth-order valence-corrected chi connectivity index (χ4v) is 4.78. The van der Waals surface area contributed by atoms with Gasteiger partial charge in [0.25, 0.3) is 0 Å². The minimum absolute atomic E-state index is 0.0794. The summed E-state index contributed by atoms with van der Waals surface area (Å²) in [6.07, 6.45) is 1.29. The maximum absolute atomic E-state index is 12.9. The third-order valence-corrected chi connectivity index (χ3v) is 7.10. The molecule has 2 aromatic carbocycles. The fourth-order valence-electron chi connectivity index (χ4n) is 3.31. The van der Waals surface area contributed by atoms with E-state index in [1.807, 2.05) is 6.07 Å². The average Bonchev–Trinajstić information content (AvgIpc) is 3.18. The van der Waals surface area contributed by atoms with E-state index in [0.29, 0.717) is 31.8 Å². The number of nitriles is 2. The van der Waals surface area contributed by atoms with Gasteiger partial charge >= 0.3 is 5.97 Å². The van der Waals surface area contributed by atoms with Crippen molar-refractivity contribution in [2.24, 2.45) is 0 Å². The van der Waals surface area contributed by atoms with E-state index in [9.17, 15) is 20.1 Å². The first-order valence-electron chi connectivity index (χ1n) is 10.8. The molecular formula is C27H20Cl2N2O4S. The number of ketones is 1. The number of Topliss-reactive ketones (excluding diaryl/α,β-unsaturated/α-hetero) is 1. The lowest BCUT2D eigenvalue weighted by Gasteiger charge is -2.08. The number of esters is 1. The van der Waals surface area contributed by atoms with Crippen LogP contribution in [0.5, 0.6) is 5.75 Å². The highest BCUT2D eigenvalue weighted by molar-refractivity contribution is 7.14. The monoisotopic (exact) mass is 538 g/mol. The largest absolute Gasteiger partial charge is 0.489 e. The van der Waals surface area contributed by atoms with Crippen molar-refractivity contribution in [2.45, 2.75) is 26.9 Å². The van der Waals surface area contributed by atoms with Crippen molar-refractivity contribution in [1.29, 1.82) is 10.5 Å². The number of hydrogen-bond donors (Lipinski definition) is 0. The molecule has 0 N–H and O–H groups in total. The van der Waals surface area contributed by atoms with Crippen LogP contribution >= 0.6 is 34.5 Å². The number of nitrogens with zero attached hydrogens (tertiary/aromatic N) is 2. The van der Waals surface area contributed by atoms with Gasteiger partial charge in [0.15, 0.2) is 5.78 Å². The van der Waals surface area contributed by atoms with Crippen LogP contribution in [0.25, 0.3) is 6.08 Å². The van der Waals surface area contributed by atoms with Gasteiger partial charge in [-0.25, -0.2) is 4.79 Å². The maximum atomic E-state index is 12.9. The van der Waals surface area contributed by atoms with Gasteiger partial charge in [-0.3, -0.25) is 4.79 Å². The number of halogens is 2. The van der Waals surface area contributed by atoms with Crippen molar-refractivity contribution in [3.8, 4) is 17.9 Å².